The molecular formula is C17H22N4O3. The average molecular weight is 330 g/mol. The summed E-state index contributed by atoms with van der Waals surface area (Å²) in [6.07, 6.45) is 2.14. The van der Waals surface area contributed by atoms with Crippen LogP contribution >= 0.6 is 0 Å². The van der Waals surface area contributed by atoms with Gasteiger partial charge in [0, 0.05) is 38.3 Å². The molecule has 3 rings (SSSR count). The highest BCUT2D eigenvalue weighted by Gasteiger charge is 2.29. The third-order valence-electron chi connectivity index (χ3n) is 4.64. The van der Waals surface area contributed by atoms with E-state index in [-0.39, 0.29) is 23.8 Å². The number of anilines is 1. The number of nitrogens with zero attached hydrogens (tertiary/aromatic N) is 2. The van der Waals surface area contributed by atoms with Crippen LogP contribution in [0.3, 0.4) is 0 Å². The fourth-order valence-electron chi connectivity index (χ4n) is 3.18. The number of hydrogen-bond donors (Lipinski definition) is 2. The normalized spacial score (nSPS) is 20.5. The first-order valence-corrected chi connectivity index (χ1v) is 8.26. The third kappa shape index (κ3) is 3.50. The van der Waals surface area contributed by atoms with Gasteiger partial charge in [0.25, 0.3) is 0 Å². The lowest BCUT2D eigenvalue weighted by Gasteiger charge is -2.18. The molecule has 2 heterocycles. The molecule has 0 saturated carbocycles. The highest BCUT2D eigenvalue weighted by atomic mass is 16.2. The lowest BCUT2D eigenvalue weighted by Crippen LogP contribution is -2.39. The van der Waals surface area contributed by atoms with Gasteiger partial charge in [-0.05, 0) is 30.5 Å². The van der Waals surface area contributed by atoms with Crippen LogP contribution in [0.15, 0.2) is 24.3 Å². The lowest BCUT2D eigenvalue weighted by molar-refractivity contribution is -0.121. The minimum atomic E-state index is -0.350. The number of rotatable bonds is 4. The Labute approximate surface area is 140 Å². The summed E-state index contributed by atoms with van der Waals surface area (Å²) in [6, 6.07) is 7.46. The molecule has 0 spiro atoms. The monoisotopic (exact) mass is 330 g/mol. The smallest absolute Gasteiger partial charge is 0.317 e. The molecule has 24 heavy (non-hydrogen) atoms. The molecule has 1 atom stereocenters. The minimum Gasteiger partial charge on any atom is -0.369 e. The van der Waals surface area contributed by atoms with Gasteiger partial charge < -0.3 is 20.9 Å². The molecule has 1 aromatic carbocycles. The maximum absolute atomic E-state index is 12.1. The zero-order chi connectivity index (χ0) is 17.1. The van der Waals surface area contributed by atoms with Gasteiger partial charge in [-0.3, -0.25) is 9.59 Å². The molecule has 2 fully saturated rings. The lowest BCUT2D eigenvalue weighted by atomic mass is 10.1. The summed E-state index contributed by atoms with van der Waals surface area (Å²) in [7, 11) is 0. The molecule has 1 aromatic rings. The molecule has 2 aliphatic heterocycles. The van der Waals surface area contributed by atoms with Crippen molar-refractivity contribution < 1.29 is 14.4 Å². The Kier molecular flexibility index (Phi) is 4.69. The Hall–Kier alpha value is -2.57. The number of primary amides is 1. The second-order valence-electron chi connectivity index (χ2n) is 6.31. The molecule has 2 saturated heterocycles. The van der Waals surface area contributed by atoms with Gasteiger partial charge >= 0.3 is 6.03 Å². The van der Waals surface area contributed by atoms with Gasteiger partial charge in [-0.15, -0.1) is 0 Å². The first-order chi connectivity index (χ1) is 11.5. The Bertz CT molecular complexity index is 644. The summed E-state index contributed by atoms with van der Waals surface area (Å²) < 4.78 is 0. The summed E-state index contributed by atoms with van der Waals surface area (Å²) >= 11 is 0. The Morgan fingerprint density at radius 3 is 2.54 bits per heavy atom. The van der Waals surface area contributed by atoms with E-state index in [0.29, 0.717) is 32.5 Å². The molecule has 4 amide bonds. The topological polar surface area (TPSA) is 95.7 Å². The number of carbonyl (C=O) groups excluding carboxylic acids is 3. The molecule has 0 radical (unpaired) electrons. The van der Waals surface area contributed by atoms with Crippen LogP contribution in [-0.2, 0) is 16.1 Å². The van der Waals surface area contributed by atoms with E-state index in [9.17, 15) is 14.4 Å². The second-order valence-corrected chi connectivity index (χ2v) is 6.31. The van der Waals surface area contributed by atoms with Gasteiger partial charge in [-0.1, -0.05) is 12.1 Å². The van der Waals surface area contributed by atoms with E-state index in [4.69, 9.17) is 5.73 Å². The van der Waals surface area contributed by atoms with Crippen LogP contribution in [0.2, 0.25) is 0 Å². The maximum Gasteiger partial charge on any atom is 0.317 e. The molecule has 2 aliphatic rings. The van der Waals surface area contributed by atoms with Gasteiger partial charge in [0.05, 0.1) is 5.92 Å². The number of hydrogen-bond acceptors (Lipinski definition) is 3. The standard InChI is InChI=1S/C17H22N4O3/c18-16(23)13-7-9-20(11-13)17(24)19-10-12-3-5-14(6-4-12)21-8-1-2-15(21)22/h3-6,13H,1-2,7-11H2,(H2,18,23)(H,19,24). The highest BCUT2D eigenvalue weighted by Crippen LogP contribution is 2.21. The Balaban J connectivity index is 1.51. The Morgan fingerprint density at radius 1 is 1.21 bits per heavy atom. The largest absolute Gasteiger partial charge is 0.369 e. The van der Waals surface area contributed by atoms with Crippen LogP contribution < -0.4 is 16.0 Å². The molecule has 3 N–H and O–H groups in total. The van der Waals surface area contributed by atoms with E-state index in [1.165, 1.54) is 0 Å². The summed E-state index contributed by atoms with van der Waals surface area (Å²) in [5.74, 6) is -0.431. The van der Waals surface area contributed by atoms with E-state index < -0.39 is 0 Å². The summed E-state index contributed by atoms with van der Waals surface area (Å²) in [6.45, 7) is 2.11. The number of nitrogens with one attached hydrogen (secondary N) is 1. The molecule has 0 bridgehead atoms. The van der Waals surface area contributed by atoms with Gasteiger partial charge in [-0.2, -0.15) is 0 Å². The molecule has 1 unspecified atom stereocenters. The quantitative estimate of drug-likeness (QED) is 0.856. The van der Waals surface area contributed by atoms with Crippen molar-refractivity contribution >= 4 is 23.5 Å². The zero-order valence-corrected chi connectivity index (χ0v) is 13.5. The van der Waals surface area contributed by atoms with Crippen molar-refractivity contribution in [3.8, 4) is 0 Å². The van der Waals surface area contributed by atoms with Crippen molar-refractivity contribution in [3.63, 3.8) is 0 Å². The first kappa shape index (κ1) is 16.3. The number of carbonyl (C=O) groups is 3. The van der Waals surface area contributed by atoms with Gasteiger partial charge in [-0.25, -0.2) is 4.79 Å². The van der Waals surface area contributed by atoms with Crippen molar-refractivity contribution in [1.29, 1.82) is 0 Å². The van der Waals surface area contributed by atoms with E-state index >= 15 is 0 Å². The van der Waals surface area contributed by atoms with E-state index in [0.717, 1.165) is 24.2 Å². The molecule has 128 valence electrons. The fraction of sp³-hybridized carbons (Fsp3) is 0.471. The predicted molar refractivity (Wildman–Crippen MR) is 89.1 cm³/mol. The van der Waals surface area contributed by atoms with E-state index in [2.05, 4.69) is 5.32 Å². The number of benzene rings is 1. The number of urea groups is 1. The number of likely N-dealkylation sites (tertiary alicyclic amines) is 1. The van der Waals surface area contributed by atoms with Crippen molar-refractivity contribution in [2.45, 2.75) is 25.8 Å². The predicted octanol–water partition coefficient (Wildman–Crippen LogP) is 0.830. The third-order valence-corrected chi connectivity index (χ3v) is 4.64. The van der Waals surface area contributed by atoms with Gasteiger partial charge in [0.2, 0.25) is 11.8 Å². The average Bonchev–Trinajstić information content (AvgIpc) is 3.22. The van der Waals surface area contributed by atoms with E-state index in [1.807, 2.05) is 24.3 Å². The molecule has 0 aliphatic carbocycles. The van der Waals surface area contributed by atoms with Crippen molar-refractivity contribution in [3.05, 3.63) is 29.8 Å². The van der Waals surface area contributed by atoms with E-state index in [1.54, 1.807) is 9.80 Å². The zero-order valence-electron chi connectivity index (χ0n) is 13.5. The molecule has 7 nitrogen and oxygen atoms in total. The summed E-state index contributed by atoms with van der Waals surface area (Å²) in [5, 5.41) is 2.85. The SMILES string of the molecule is NC(=O)C1CCN(C(=O)NCc2ccc(N3CCCC3=O)cc2)C1. The summed E-state index contributed by atoms with van der Waals surface area (Å²) in [4.78, 5) is 38.4. The van der Waals surface area contributed by atoms with Gasteiger partial charge in [0.15, 0.2) is 0 Å². The van der Waals surface area contributed by atoms with Crippen LogP contribution in [0.1, 0.15) is 24.8 Å². The Morgan fingerprint density at radius 2 is 1.96 bits per heavy atom. The van der Waals surface area contributed by atoms with Crippen LogP contribution in [0.5, 0.6) is 0 Å². The van der Waals surface area contributed by atoms with Crippen molar-refractivity contribution in [2.24, 2.45) is 11.7 Å². The highest BCUT2D eigenvalue weighted by molar-refractivity contribution is 5.95. The van der Waals surface area contributed by atoms with Crippen LogP contribution in [0.4, 0.5) is 10.5 Å². The van der Waals surface area contributed by atoms with Crippen LogP contribution in [-0.4, -0.2) is 42.4 Å². The maximum atomic E-state index is 12.1. The second kappa shape index (κ2) is 6.90. The minimum absolute atomic E-state index is 0.161. The number of nitrogens with two attached hydrogens (primary N) is 1. The fourth-order valence-corrected chi connectivity index (χ4v) is 3.18. The van der Waals surface area contributed by atoms with Crippen molar-refractivity contribution in [2.75, 3.05) is 24.5 Å². The summed E-state index contributed by atoms with van der Waals surface area (Å²) in [5.41, 5.74) is 7.14. The van der Waals surface area contributed by atoms with Crippen LogP contribution in [0.25, 0.3) is 0 Å². The first-order valence-electron chi connectivity index (χ1n) is 8.26. The van der Waals surface area contributed by atoms with Gasteiger partial charge in [0.1, 0.15) is 0 Å². The molecule has 0 aromatic heterocycles. The number of amides is 4. The molecular weight excluding hydrogens is 308 g/mol. The van der Waals surface area contributed by atoms with Crippen LogP contribution in [0, 0.1) is 5.92 Å². The molecule has 7 heteroatoms. The van der Waals surface area contributed by atoms with Crippen molar-refractivity contribution in [1.82, 2.24) is 10.2 Å².